The van der Waals surface area contributed by atoms with Gasteiger partial charge in [0, 0.05) is 12.2 Å². The molecule has 0 spiro atoms. The maximum absolute atomic E-state index is 10.7. The quantitative estimate of drug-likeness (QED) is 0.877. The number of nitrogens with one attached hydrogen (secondary N) is 1. The molecule has 0 amide bonds. The van der Waals surface area contributed by atoms with Crippen LogP contribution in [0.25, 0.3) is 0 Å². The lowest BCUT2D eigenvalue weighted by atomic mass is 10.1. The van der Waals surface area contributed by atoms with E-state index in [2.05, 4.69) is 11.4 Å². The van der Waals surface area contributed by atoms with Gasteiger partial charge in [-0.25, -0.2) is 4.79 Å². The molecule has 0 aliphatic carbocycles. The Morgan fingerprint density at radius 2 is 1.95 bits per heavy atom. The average molecular weight is 252 g/mol. The molecule has 0 aliphatic heterocycles. The third-order valence-corrected chi connectivity index (χ3v) is 2.69. The molecule has 94 valence electrons. The molecule has 0 unspecified atom stereocenters. The van der Waals surface area contributed by atoms with Crippen LogP contribution in [-0.2, 0) is 6.54 Å². The molecule has 2 aromatic carbocycles. The van der Waals surface area contributed by atoms with Gasteiger partial charge in [0.2, 0.25) is 0 Å². The van der Waals surface area contributed by atoms with E-state index in [4.69, 9.17) is 10.4 Å². The number of nitriles is 1. The smallest absolute Gasteiger partial charge is 0.335 e. The summed E-state index contributed by atoms with van der Waals surface area (Å²) >= 11 is 0. The molecule has 4 heteroatoms. The van der Waals surface area contributed by atoms with E-state index in [1.807, 2.05) is 12.1 Å². The highest BCUT2D eigenvalue weighted by Gasteiger charge is 2.01. The van der Waals surface area contributed by atoms with Crippen LogP contribution >= 0.6 is 0 Å². The molecule has 2 aromatic rings. The third kappa shape index (κ3) is 3.33. The van der Waals surface area contributed by atoms with Crippen LogP contribution in [0.4, 0.5) is 5.69 Å². The van der Waals surface area contributed by atoms with E-state index in [1.165, 1.54) is 0 Å². The SMILES string of the molecule is N#Cc1cccc(NCc2ccc(C(=O)O)cc2)c1. The van der Waals surface area contributed by atoms with E-state index in [9.17, 15) is 4.79 Å². The number of carbonyl (C=O) groups is 1. The Hall–Kier alpha value is -2.80. The number of hydrogen-bond acceptors (Lipinski definition) is 3. The summed E-state index contributed by atoms with van der Waals surface area (Å²) < 4.78 is 0. The van der Waals surface area contributed by atoms with Crippen LogP contribution < -0.4 is 5.32 Å². The summed E-state index contributed by atoms with van der Waals surface area (Å²) in [4.78, 5) is 10.7. The fourth-order valence-electron chi connectivity index (χ4n) is 1.67. The van der Waals surface area contributed by atoms with Crippen LogP contribution in [0.1, 0.15) is 21.5 Å². The molecule has 0 saturated heterocycles. The summed E-state index contributed by atoms with van der Waals surface area (Å²) in [5.41, 5.74) is 2.72. The first-order valence-electron chi connectivity index (χ1n) is 5.75. The number of carboxylic acid groups (broad SMARTS) is 1. The van der Waals surface area contributed by atoms with Crippen molar-refractivity contribution in [3.63, 3.8) is 0 Å². The average Bonchev–Trinajstić information content (AvgIpc) is 2.46. The largest absolute Gasteiger partial charge is 0.478 e. The van der Waals surface area contributed by atoms with Gasteiger partial charge in [0.15, 0.2) is 0 Å². The van der Waals surface area contributed by atoms with Crippen LogP contribution in [0.3, 0.4) is 0 Å². The second-order valence-corrected chi connectivity index (χ2v) is 4.05. The van der Waals surface area contributed by atoms with Gasteiger partial charge in [-0.1, -0.05) is 18.2 Å². The zero-order valence-corrected chi connectivity index (χ0v) is 10.1. The van der Waals surface area contributed by atoms with Crippen molar-refractivity contribution < 1.29 is 9.90 Å². The van der Waals surface area contributed by atoms with E-state index in [-0.39, 0.29) is 5.56 Å². The Morgan fingerprint density at radius 3 is 2.58 bits per heavy atom. The number of anilines is 1. The van der Waals surface area contributed by atoms with Crippen molar-refractivity contribution in [2.24, 2.45) is 0 Å². The maximum Gasteiger partial charge on any atom is 0.335 e. The zero-order valence-electron chi connectivity index (χ0n) is 10.1. The summed E-state index contributed by atoms with van der Waals surface area (Å²) in [5.74, 6) is -0.929. The fourth-order valence-corrected chi connectivity index (χ4v) is 1.67. The molecule has 19 heavy (non-hydrogen) atoms. The third-order valence-electron chi connectivity index (χ3n) is 2.69. The summed E-state index contributed by atoms with van der Waals surface area (Å²) in [5, 5.41) is 20.8. The first kappa shape index (κ1) is 12.7. The maximum atomic E-state index is 10.7. The Bertz CT molecular complexity index is 627. The number of hydrogen-bond donors (Lipinski definition) is 2. The van der Waals surface area contributed by atoms with Gasteiger partial charge in [-0.3, -0.25) is 0 Å². The van der Waals surface area contributed by atoms with Crippen molar-refractivity contribution in [2.45, 2.75) is 6.54 Å². The Labute approximate surface area is 110 Å². The summed E-state index contributed by atoms with van der Waals surface area (Å²) in [7, 11) is 0. The summed E-state index contributed by atoms with van der Waals surface area (Å²) in [6, 6.07) is 16.0. The number of benzene rings is 2. The minimum atomic E-state index is -0.929. The lowest BCUT2D eigenvalue weighted by Gasteiger charge is -2.07. The lowest BCUT2D eigenvalue weighted by Crippen LogP contribution is -2.01. The van der Waals surface area contributed by atoms with Crippen LogP contribution in [0.15, 0.2) is 48.5 Å². The fraction of sp³-hybridized carbons (Fsp3) is 0.0667. The predicted octanol–water partition coefficient (Wildman–Crippen LogP) is 2.87. The van der Waals surface area contributed by atoms with Gasteiger partial charge >= 0.3 is 5.97 Å². The molecule has 0 aromatic heterocycles. The van der Waals surface area contributed by atoms with Gasteiger partial charge in [0.25, 0.3) is 0 Å². The lowest BCUT2D eigenvalue weighted by molar-refractivity contribution is 0.0697. The molecule has 2 rings (SSSR count). The van der Waals surface area contributed by atoms with E-state index in [0.29, 0.717) is 12.1 Å². The highest BCUT2D eigenvalue weighted by atomic mass is 16.4. The predicted molar refractivity (Wildman–Crippen MR) is 71.9 cm³/mol. The summed E-state index contributed by atoms with van der Waals surface area (Å²) in [6.45, 7) is 0.578. The normalized spacial score (nSPS) is 9.63. The first-order chi connectivity index (χ1) is 9.19. The Balaban J connectivity index is 2.02. The monoisotopic (exact) mass is 252 g/mol. The van der Waals surface area contributed by atoms with Gasteiger partial charge in [0.05, 0.1) is 17.2 Å². The molecule has 0 saturated carbocycles. The minimum Gasteiger partial charge on any atom is -0.478 e. The number of rotatable bonds is 4. The van der Waals surface area contributed by atoms with Crippen LogP contribution in [0, 0.1) is 11.3 Å². The van der Waals surface area contributed by atoms with Gasteiger partial charge in [-0.15, -0.1) is 0 Å². The standard InChI is InChI=1S/C15H12N2O2/c16-9-12-2-1-3-14(8-12)17-10-11-4-6-13(7-5-11)15(18)19/h1-8,17H,10H2,(H,18,19). The van der Waals surface area contributed by atoms with Gasteiger partial charge in [0.1, 0.15) is 0 Å². The molecule has 0 heterocycles. The van der Waals surface area contributed by atoms with Crippen LogP contribution in [0.5, 0.6) is 0 Å². The van der Waals surface area contributed by atoms with E-state index in [0.717, 1.165) is 11.3 Å². The Kier molecular flexibility index (Phi) is 3.79. The molecule has 0 radical (unpaired) electrons. The van der Waals surface area contributed by atoms with Gasteiger partial charge in [-0.2, -0.15) is 5.26 Å². The van der Waals surface area contributed by atoms with Crippen molar-refractivity contribution in [2.75, 3.05) is 5.32 Å². The second kappa shape index (κ2) is 5.69. The molecule has 4 nitrogen and oxygen atoms in total. The van der Waals surface area contributed by atoms with Crippen LogP contribution in [0.2, 0.25) is 0 Å². The molecule has 0 aliphatic rings. The Morgan fingerprint density at radius 1 is 1.21 bits per heavy atom. The van der Waals surface area contributed by atoms with Crippen molar-refractivity contribution in [1.29, 1.82) is 5.26 Å². The topological polar surface area (TPSA) is 73.1 Å². The highest BCUT2D eigenvalue weighted by Crippen LogP contribution is 2.12. The molecule has 0 fully saturated rings. The van der Waals surface area contributed by atoms with Crippen molar-refractivity contribution in [3.05, 3.63) is 65.2 Å². The van der Waals surface area contributed by atoms with Crippen molar-refractivity contribution in [3.8, 4) is 6.07 Å². The molecular weight excluding hydrogens is 240 g/mol. The summed E-state index contributed by atoms with van der Waals surface area (Å²) in [6.07, 6.45) is 0. The van der Waals surface area contributed by atoms with Gasteiger partial charge < -0.3 is 10.4 Å². The molecule has 0 bridgehead atoms. The minimum absolute atomic E-state index is 0.273. The van der Waals surface area contributed by atoms with Crippen LogP contribution in [-0.4, -0.2) is 11.1 Å². The van der Waals surface area contributed by atoms with Crippen molar-refractivity contribution >= 4 is 11.7 Å². The van der Waals surface area contributed by atoms with Crippen molar-refractivity contribution in [1.82, 2.24) is 0 Å². The molecule has 2 N–H and O–H groups in total. The molecular formula is C15H12N2O2. The van der Waals surface area contributed by atoms with E-state index >= 15 is 0 Å². The zero-order chi connectivity index (χ0) is 13.7. The van der Waals surface area contributed by atoms with Gasteiger partial charge in [-0.05, 0) is 35.9 Å². The second-order valence-electron chi connectivity index (χ2n) is 4.05. The van der Waals surface area contributed by atoms with E-state index in [1.54, 1.807) is 36.4 Å². The molecule has 0 atom stereocenters. The highest BCUT2D eigenvalue weighted by molar-refractivity contribution is 5.87. The first-order valence-corrected chi connectivity index (χ1v) is 5.75. The number of nitrogens with zero attached hydrogens (tertiary/aromatic N) is 1. The van der Waals surface area contributed by atoms with E-state index < -0.39 is 5.97 Å². The number of carboxylic acids is 1. The number of aromatic carboxylic acids is 1.